The van der Waals surface area contributed by atoms with Crippen LogP contribution in [-0.2, 0) is 14.1 Å². The lowest BCUT2D eigenvalue weighted by atomic mass is 9.86. The van der Waals surface area contributed by atoms with E-state index in [2.05, 4.69) is 9.97 Å². The first kappa shape index (κ1) is 18.9. The van der Waals surface area contributed by atoms with Gasteiger partial charge >= 0.3 is 11.4 Å². The van der Waals surface area contributed by atoms with Crippen molar-refractivity contribution in [2.45, 2.75) is 5.92 Å². The van der Waals surface area contributed by atoms with Gasteiger partial charge in [-0.3, -0.25) is 28.7 Å². The number of hydrogen-bond donors (Lipinski definition) is 4. The number of halogens is 1. The molecule has 2 heterocycles. The van der Waals surface area contributed by atoms with Gasteiger partial charge in [-0.1, -0.05) is 12.1 Å². The summed E-state index contributed by atoms with van der Waals surface area (Å²) in [6.45, 7) is 0. The largest absolute Gasteiger partial charge is 0.385 e. The van der Waals surface area contributed by atoms with E-state index in [9.17, 15) is 23.6 Å². The smallest absolute Gasteiger partial charge is 0.329 e. The van der Waals surface area contributed by atoms with Gasteiger partial charge in [0.15, 0.2) is 0 Å². The van der Waals surface area contributed by atoms with Crippen LogP contribution in [0, 0.1) is 5.82 Å². The minimum Gasteiger partial charge on any atom is -0.385 e. The third-order valence-corrected chi connectivity index (χ3v) is 4.59. The molecular weight excluding hydrogens is 371 g/mol. The van der Waals surface area contributed by atoms with Crippen LogP contribution in [0.1, 0.15) is 22.6 Å². The van der Waals surface area contributed by atoms with Crippen molar-refractivity contribution < 1.29 is 4.39 Å². The van der Waals surface area contributed by atoms with Crippen LogP contribution in [0.5, 0.6) is 0 Å². The molecule has 0 unspecified atom stereocenters. The van der Waals surface area contributed by atoms with Crippen molar-refractivity contribution in [3.8, 4) is 0 Å². The van der Waals surface area contributed by atoms with E-state index in [1.807, 2.05) is 0 Å². The van der Waals surface area contributed by atoms with Gasteiger partial charge in [0.2, 0.25) is 0 Å². The minimum absolute atomic E-state index is 0.135. The van der Waals surface area contributed by atoms with E-state index in [1.165, 1.54) is 26.2 Å². The summed E-state index contributed by atoms with van der Waals surface area (Å²) in [7, 11) is 2.68. The lowest BCUT2D eigenvalue weighted by molar-refractivity contribution is 0.626. The minimum atomic E-state index is -1.16. The highest BCUT2D eigenvalue weighted by molar-refractivity contribution is 5.56. The summed E-state index contributed by atoms with van der Waals surface area (Å²) in [5.74, 6) is -2.09. The third kappa shape index (κ3) is 2.92. The second-order valence-electron chi connectivity index (χ2n) is 6.22. The zero-order valence-electron chi connectivity index (χ0n) is 14.9. The average Bonchev–Trinajstić information content (AvgIpc) is 2.64. The predicted octanol–water partition coefficient (Wildman–Crippen LogP) is -1.06. The summed E-state index contributed by atoms with van der Waals surface area (Å²) in [5.41, 5.74) is 8.90. The molecule has 146 valence electrons. The molecule has 0 aliphatic carbocycles. The summed E-state index contributed by atoms with van der Waals surface area (Å²) >= 11 is 0. The summed E-state index contributed by atoms with van der Waals surface area (Å²) in [5, 5.41) is 0. The molecule has 28 heavy (non-hydrogen) atoms. The summed E-state index contributed by atoms with van der Waals surface area (Å²) in [6, 6.07) is 4.99. The van der Waals surface area contributed by atoms with Crippen molar-refractivity contribution in [2.24, 2.45) is 14.1 Å². The number of anilines is 2. The normalized spacial score (nSPS) is 11.1. The Morgan fingerprint density at radius 2 is 1.21 bits per heavy atom. The molecule has 0 aliphatic rings. The molecule has 10 nitrogen and oxygen atoms in total. The Morgan fingerprint density at radius 1 is 0.821 bits per heavy atom. The van der Waals surface area contributed by atoms with Gasteiger partial charge in [0.25, 0.3) is 11.1 Å². The number of rotatable bonds is 3. The maximum absolute atomic E-state index is 13.4. The molecule has 2 aromatic heterocycles. The number of H-pyrrole nitrogens is 2. The van der Waals surface area contributed by atoms with Gasteiger partial charge in [0.1, 0.15) is 17.5 Å². The summed E-state index contributed by atoms with van der Waals surface area (Å²) in [4.78, 5) is 53.1. The molecule has 0 radical (unpaired) electrons. The molecule has 0 fully saturated rings. The van der Waals surface area contributed by atoms with Gasteiger partial charge in [-0.25, -0.2) is 14.0 Å². The van der Waals surface area contributed by atoms with Crippen LogP contribution in [0.4, 0.5) is 16.0 Å². The third-order valence-electron chi connectivity index (χ3n) is 4.59. The van der Waals surface area contributed by atoms with Gasteiger partial charge in [0, 0.05) is 14.1 Å². The first-order valence-electron chi connectivity index (χ1n) is 8.06. The fraction of sp³-hybridized carbons (Fsp3) is 0.176. The van der Waals surface area contributed by atoms with E-state index in [0.29, 0.717) is 5.56 Å². The van der Waals surface area contributed by atoms with Gasteiger partial charge in [-0.05, 0) is 17.7 Å². The topological polar surface area (TPSA) is 162 Å². The number of hydrogen-bond acceptors (Lipinski definition) is 6. The molecular formula is C17H17FN6O4. The maximum Gasteiger partial charge on any atom is 0.329 e. The van der Waals surface area contributed by atoms with Gasteiger partial charge in [0.05, 0.1) is 17.0 Å². The molecule has 6 N–H and O–H groups in total. The molecule has 0 amide bonds. The summed E-state index contributed by atoms with van der Waals surface area (Å²) < 4.78 is 15.4. The van der Waals surface area contributed by atoms with E-state index in [4.69, 9.17) is 11.5 Å². The van der Waals surface area contributed by atoms with Crippen LogP contribution in [0.25, 0.3) is 0 Å². The van der Waals surface area contributed by atoms with Crippen LogP contribution in [-0.4, -0.2) is 19.1 Å². The van der Waals surface area contributed by atoms with E-state index in [-0.39, 0.29) is 22.8 Å². The van der Waals surface area contributed by atoms with E-state index >= 15 is 0 Å². The quantitative estimate of drug-likeness (QED) is 0.447. The SMILES string of the molecule is Cn1c(N)c(C(c2ccc(F)cc2)c2c(N)n(C)c(=O)[nH]c2=O)c(=O)[nH]c1=O. The first-order valence-corrected chi connectivity index (χ1v) is 8.06. The van der Waals surface area contributed by atoms with E-state index in [0.717, 1.165) is 21.3 Å². The van der Waals surface area contributed by atoms with Crippen molar-refractivity contribution in [1.29, 1.82) is 0 Å². The Balaban J connectivity index is 2.49. The lowest BCUT2D eigenvalue weighted by Gasteiger charge is -2.21. The molecule has 1 aromatic carbocycles. The van der Waals surface area contributed by atoms with E-state index in [1.54, 1.807) is 0 Å². The van der Waals surface area contributed by atoms with Crippen LogP contribution in [0.3, 0.4) is 0 Å². The number of nitrogens with two attached hydrogens (primary N) is 2. The Kier molecular flexibility index (Phi) is 4.51. The molecule has 0 saturated heterocycles. The van der Waals surface area contributed by atoms with Crippen molar-refractivity contribution in [3.05, 3.63) is 88.4 Å². The zero-order chi connectivity index (χ0) is 20.7. The number of benzene rings is 1. The molecule has 11 heteroatoms. The number of aromatic nitrogens is 4. The lowest BCUT2D eigenvalue weighted by Crippen LogP contribution is -2.38. The standard InChI is InChI=1S/C17H17FN6O4/c1-23-12(19)10(14(25)21-16(23)27)9(7-3-5-8(18)6-4-7)11-13(20)24(2)17(28)22-15(11)26/h3-6,9H,19-20H2,1-2H3,(H,21,25,27)(H,22,26,28). The van der Waals surface area contributed by atoms with Gasteiger partial charge in [-0.15, -0.1) is 0 Å². The number of aromatic amines is 2. The van der Waals surface area contributed by atoms with Crippen molar-refractivity contribution >= 4 is 11.6 Å². The Bertz CT molecular complexity index is 1220. The monoisotopic (exact) mass is 388 g/mol. The van der Waals surface area contributed by atoms with Gasteiger partial charge in [-0.2, -0.15) is 0 Å². The van der Waals surface area contributed by atoms with Crippen LogP contribution < -0.4 is 34.0 Å². The van der Waals surface area contributed by atoms with Crippen LogP contribution in [0.15, 0.2) is 43.4 Å². The highest BCUT2D eigenvalue weighted by Crippen LogP contribution is 2.32. The van der Waals surface area contributed by atoms with Gasteiger partial charge < -0.3 is 11.5 Å². The second kappa shape index (κ2) is 6.68. The molecule has 0 bridgehead atoms. The van der Waals surface area contributed by atoms with Crippen LogP contribution in [0.2, 0.25) is 0 Å². The predicted molar refractivity (Wildman–Crippen MR) is 101 cm³/mol. The van der Waals surface area contributed by atoms with Crippen molar-refractivity contribution in [1.82, 2.24) is 19.1 Å². The number of nitrogen functional groups attached to an aromatic ring is 2. The van der Waals surface area contributed by atoms with Crippen molar-refractivity contribution in [3.63, 3.8) is 0 Å². The second-order valence-corrected chi connectivity index (χ2v) is 6.22. The molecule has 0 atom stereocenters. The number of nitrogens with one attached hydrogen (secondary N) is 2. The highest BCUT2D eigenvalue weighted by Gasteiger charge is 2.29. The fourth-order valence-corrected chi connectivity index (χ4v) is 3.00. The maximum atomic E-state index is 13.4. The first-order chi connectivity index (χ1) is 13.1. The zero-order valence-corrected chi connectivity index (χ0v) is 14.9. The van der Waals surface area contributed by atoms with Crippen molar-refractivity contribution in [2.75, 3.05) is 11.5 Å². The molecule has 3 aromatic rings. The highest BCUT2D eigenvalue weighted by atomic mass is 19.1. The Labute approximate surface area is 155 Å². The fourth-order valence-electron chi connectivity index (χ4n) is 3.00. The van der Waals surface area contributed by atoms with Crippen LogP contribution >= 0.6 is 0 Å². The molecule has 0 saturated carbocycles. The Morgan fingerprint density at radius 3 is 1.61 bits per heavy atom. The summed E-state index contributed by atoms with van der Waals surface area (Å²) in [6.07, 6.45) is 0. The van der Waals surface area contributed by atoms with E-state index < -0.39 is 34.2 Å². The average molecular weight is 388 g/mol. The Hall–Kier alpha value is -3.89. The molecule has 0 aliphatic heterocycles. The molecule has 0 spiro atoms. The molecule has 3 rings (SSSR count). The number of nitrogens with zero attached hydrogens (tertiary/aromatic N) is 2.